The largest absolute Gasteiger partial charge is 0.479 e. The van der Waals surface area contributed by atoms with E-state index >= 15 is 0 Å². The number of rotatable bonds is 4. The van der Waals surface area contributed by atoms with Crippen LogP contribution in [0.5, 0.6) is 5.75 Å². The van der Waals surface area contributed by atoms with E-state index in [-0.39, 0.29) is 6.61 Å². The zero-order valence-electron chi connectivity index (χ0n) is 7.58. The summed E-state index contributed by atoms with van der Waals surface area (Å²) in [6.07, 6.45) is 8.44. The first kappa shape index (κ1) is 9.40. The van der Waals surface area contributed by atoms with Crippen molar-refractivity contribution in [3.05, 3.63) is 18.5 Å². The van der Waals surface area contributed by atoms with Crippen LogP contribution in [0.3, 0.4) is 0 Å². The Hall–Kier alpha value is -1.69. The van der Waals surface area contributed by atoms with Crippen molar-refractivity contribution < 1.29 is 4.74 Å². The molecule has 1 N–H and O–H groups in total. The molecule has 3 nitrogen and oxygen atoms in total. The predicted octanol–water partition coefficient (Wildman–Crippen LogP) is 1.53. The quantitative estimate of drug-likeness (QED) is 0.706. The maximum Gasteiger partial charge on any atom is 0.148 e. The van der Waals surface area contributed by atoms with E-state index in [1.54, 1.807) is 12.4 Å². The van der Waals surface area contributed by atoms with Crippen LogP contribution in [0.15, 0.2) is 18.5 Å². The molecule has 0 unspecified atom stereocenters. The van der Waals surface area contributed by atoms with Crippen molar-refractivity contribution in [2.45, 2.75) is 6.92 Å². The van der Waals surface area contributed by atoms with Crippen molar-refractivity contribution in [1.82, 2.24) is 4.98 Å². The van der Waals surface area contributed by atoms with E-state index < -0.39 is 0 Å². The molecule has 13 heavy (non-hydrogen) atoms. The third-order valence-electron chi connectivity index (χ3n) is 1.42. The fourth-order valence-corrected chi connectivity index (χ4v) is 0.924. The first-order valence-corrected chi connectivity index (χ1v) is 4.12. The van der Waals surface area contributed by atoms with Crippen molar-refractivity contribution in [1.29, 1.82) is 0 Å². The predicted molar refractivity (Wildman–Crippen MR) is 52.7 cm³/mol. The average Bonchev–Trinajstić information content (AvgIpc) is 2.16. The van der Waals surface area contributed by atoms with E-state index in [1.807, 2.05) is 13.0 Å². The minimum atomic E-state index is 0.275. The Morgan fingerprint density at radius 2 is 2.46 bits per heavy atom. The number of nitrogens with zero attached hydrogens (tertiary/aromatic N) is 1. The lowest BCUT2D eigenvalue weighted by molar-refractivity contribution is 0.369. The smallest absolute Gasteiger partial charge is 0.148 e. The third kappa shape index (κ3) is 3.04. The molecular weight excluding hydrogens is 164 g/mol. The van der Waals surface area contributed by atoms with Gasteiger partial charge in [0.05, 0.1) is 18.1 Å². The molecule has 3 heteroatoms. The van der Waals surface area contributed by atoms with Gasteiger partial charge < -0.3 is 10.1 Å². The number of terminal acetylenes is 1. The summed E-state index contributed by atoms with van der Waals surface area (Å²) in [4.78, 5) is 4.00. The molecule has 0 amide bonds. The maximum absolute atomic E-state index is 5.20. The van der Waals surface area contributed by atoms with Gasteiger partial charge in [0, 0.05) is 12.6 Å². The Morgan fingerprint density at radius 3 is 3.15 bits per heavy atom. The number of aromatic nitrogens is 1. The highest BCUT2D eigenvalue weighted by Gasteiger charge is 1.94. The number of ether oxygens (including phenoxy) is 1. The van der Waals surface area contributed by atoms with Crippen LogP contribution in [-0.2, 0) is 0 Å². The number of nitrogens with one attached hydrogen (secondary N) is 1. The molecule has 1 rings (SSSR count). The Morgan fingerprint density at radius 1 is 1.62 bits per heavy atom. The molecule has 0 aliphatic rings. The van der Waals surface area contributed by atoms with Crippen molar-refractivity contribution in [3.8, 4) is 18.1 Å². The van der Waals surface area contributed by atoms with Gasteiger partial charge in [-0.05, 0) is 6.92 Å². The molecule has 1 heterocycles. The van der Waals surface area contributed by atoms with Crippen LogP contribution in [0.25, 0.3) is 0 Å². The van der Waals surface area contributed by atoms with Crippen LogP contribution in [0.2, 0.25) is 0 Å². The van der Waals surface area contributed by atoms with Gasteiger partial charge in [-0.15, -0.1) is 6.42 Å². The molecule has 1 aromatic heterocycles. The lowest BCUT2D eigenvalue weighted by Crippen LogP contribution is -1.99. The van der Waals surface area contributed by atoms with Crippen LogP contribution in [-0.4, -0.2) is 18.1 Å². The normalized spacial score (nSPS) is 8.92. The topological polar surface area (TPSA) is 34.1 Å². The minimum Gasteiger partial charge on any atom is -0.479 e. The average molecular weight is 176 g/mol. The zero-order valence-corrected chi connectivity index (χ0v) is 7.58. The van der Waals surface area contributed by atoms with Crippen molar-refractivity contribution in [2.75, 3.05) is 18.5 Å². The fraction of sp³-hybridized carbons (Fsp3) is 0.300. The first-order chi connectivity index (χ1) is 6.36. The highest BCUT2D eigenvalue weighted by Crippen LogP contribution is 2.14. The van der Waals surface area contributed by atoms with Crippen molar-refractivity contribution in [3.63, 3.8) is 0 Å². The van der Waals surface area contributed by atoms with Crippen molar-refractivity contribution >= 4 is 5.69 Å². The monoisotopic (exact) mass is 176 g/mol. The summed E-state index contributed by atoms with van der Waals surface area (Å²) in [5, 5.41) is 3.13. The van der Waals surface area contributed by atoms with Crippen LogP contribution >= 0.6 is 0 Å². The fourth-order valence-electron chi connectivity index (χ4n) is 0.924. The van der Waals surface area contributed by atoms with E-state index in [0.29, 0.717) is 5.75 Å². The second-order valence-electron chi connectivity index (χ2n) is 2.43. The van der Waals surface area contributed by atoms with Gasteiger partial charge >= 0.3 is 0 Å². The molecular formula is C10H12N2O. The molecule has 0 saturated heterocycles. The van der Waals surface area contributed by atoms with E-state index in [0.717, 1.165) is 12.2 Å². The molecule has 0 atom stereocenters. The first-order valence-electron chi connectivity index (χ1n) is 4.12. The molecule has 0 saturated carbocycles. The van der Waals surface area contributed by atoms with Gasteiger partial charge in [-0.25, -0.2) is 0 Å². The van der Waals surface area contributed by atoms with E-state index in [4.69, 9.17) is 11.2 Å². The lowest BCUT2D eigenvalue weighted by Gasteiger charge is -2.05. The highest BCUT2D eigenvalue weighted by molar-refractivity contribution is 5.44. The summed E-state index contributed by atoms with van der Waals surface area (Å²) >= 11 is 0. The van der Waals surface area contributed by atoms with Gasteiger partial charge in [0.1, 0.15) is 12.4 Å². The summed E-state index contributed by atoms with van der Waals surface area (Å²) in [5.41, 5.74) is 0.942. The SMILES string of the molecule is C#CCOc1cncc(NCC)c1. The standard InChI is InChI=1S/C10H12N2O/c1-3-5-13-10-6-9(12-4-2)7-11-8-10/h1,6-8,12H,4-5H2,2H3. The Balaban J connectivity index is 2.63. The highest BCUT2D eigenvalue weighted by atomic mass is 16.5. The van der Waals surface area contributed by atoms with Gasteiger partial charge in [-0.1, -0.05) is 5.92 Å². The molecule has 0 aliphatic carbocycles. The van der Waals surface area contributed by atoms with Gasteiger partial charge in [0.2, 0.25) is 0 Å². The molecule has 0 fully saturated rings. The van der Waals surface area contributed by atoms with Crippen LogP contribution in [0.1, 0.15) is 6.92 Å². The summed E-state index contributed by atoms with van der Waals surface area (Å²) < 4.78 is 5.20. The molecule has 0 aliphatic heterocycles. The second kappa shape index (κ2) is 5.04. The molecule has 0 spiro atoms. The molecule has 0 aromatic carbocycles. The number of anilines is 1. The molecule has 68 valence electrons. The van der Waals surface area contributed by atoms with Crippen LogP contribution in [0.4, 0.5) is 5.69 Å². The summed E-state index contributed by atoms with van der Waals surface area (Å²) in [6, 6.07) is 1.87. The number of hydrogen-bond acceptors (Lipinski definition) is 3. The van der Waals surface area contributed by atoms with Crippen LogP contribution in [0, 0.1) is 12.3 Å². The second-order valence-corrected chi connectivity index (χ2v) is 2.43. The van der Waals surface area contributed by atoms with E-state index in [1.165, 1.54) is 0 Å². The molecule has 1 aromatic rings. The Labute approximate surface area is 78.1 Å². The molecule has 0 radical (unpaired) electrons. The van der Waals surface area contributed by atoms with E-state index in [2.05, 4.69) is 16.2 Å². The van der Waals surface area contributed by atoms with Crippen LogP contribution < -0.4 is 10.1 Å². The summed E-state index contributed by atoms with van der Waals surface area (Å²) in [7, 11) is 0. The third-order valence-corrected chi connectivity index (χ3v) is 1.42. The van der Waals surface area contributed by atoms with E-state index in [9.17, 15) is 0 Å². The van der Waals surface area contributed by atoms with Gasteiger partial charge in [-0.2, -0.15) is 0 Å². The van der Waals surface area contributed by atoms with Crippen molar-refractivity contribution in [2.24, 2.45) is 0 Å². The maximum atomic E-state index is 5.20. The zero-order chi connectivity index (χ0) is 9.52. The van der Waals surface area contributed by atoms with Gasteiger partial charge in [-0.3, -0.25) is 4.98 Å². The Bertz CT molecular complexity index is 304. The summed E-state index contributed by atoms with van der Waals surface area (Å²) in [6.45, 7) is 3.16. The Kier molecular flexibility index (Phi) is 3.65. The molecule has 0 bridgehead atoms. The minimum absolute atomic E-state index is 0.275. The number of pyridine rings is 1. The number of hydrogen-bond donors (Lipinski definition) is 1. The lowest BCUT2D eigenvalue weighted by atomic mass is 10.4. The van der Waals surface area contributed by atoms with Gasteiger partial charge in [0.25, 0.3) is 0 Å². The summed E-state index contributed by atoms with van der Waals surface area (Å²) in [5.74, 6) is 3.09. The van der Waals surface area contributed by atoms with Gasteiger partial charge in [0.15, 0.2) is 0 Å².